The number of carbonyl (C=O) groups excluding carboxylic acids is 1. The van der Waals surface area contributed by atoms with E-state index in [-0.39, 0.29) is 11.9 Å². The first kappa shape index (κ1) is 16.6. The molecule has 6 heteroatoms. The van der Waals surface area contributed by atoms with Crippen LogP contribution in [0.2, 0.25) is 0 Å². The number of hydrogen-bond acceptors (Lipinski definition) is 3. The van der Waals surface area contributed by atoms with E-state index >= 15 is 0 Å². The van der Waals surface area contributed by atoms with Crippen LogP contribution in [0.25, 0.3) is 0 Å². The normalized spacial score (nSPS) is 13.9. The van der Waals surface area contributed by atoms with Crippen LogP contribution < -0.4 is 10.6 Å². The lowest BCUT2D eigenvalue weighted by Crippen LogP contribution is -2.44. The molecule has 0 aliphatic carbocycles. The topological polar surface area (TPSA) is 61.4 Å². The Kier molecular flexibility index (Phi) is 6.99. The lowest BCUT2D eigenvalue weighted by Gasteiger charge is -2.20. The minimum absolute atomic E-state index is 0.137. The summed E-state index contributed by atoms with van der Waals surface area (Å²) < 4.78 is 2.01. The van der Waals surface area contributed by atoms with Crippen LogP contribution in [-0.2, 0) is 11.3 Å². The monoisotopic (exact) mass is 392 g/mol. The third-order valence-electron chi connectivity index (χ3n) is 2.61. The molecule has 1 amide bonds. The third-order valence-corrected chi connectivity index (χ3v) is 3.53. The fourth-order valence-corrected chi connectivity index (χ4v) is 3.06. The molecule has 2 atom stereocenters. The number of aliphatic hydroxyl groups excluding tert-OH is 1. The van der Waals surface area contributed by atoms with Crippen LogP contribution in [0.1, 0.15) is 19.4 Å². The van der Waals surface area contributed by atoms with Gasteiger partial charge in [-0.2, -0.15) is 0 Å². The second-order valence-corrected chi connectivity index (χ2v) is 6.30. The van der Waals surface area contributed by atoms with Crippen molar-refractivity contribution < 1.29 is 9.90 Å². The Morgan fingerprint density at radius 1 is 1.32 bits per heavy atom. The van der Waals surface area contributed by atoms with Gasteiger partial charge in [0, 0.05) is 29.0 Å². The summed E-state index contributed by atoms with van der Waals surface area (Å²) in [6.45, 7) is 4.30. The van der Waals surface area contributed by atoms with Crippen LogP contribution in [0, 0.1) is 0 Å². The van der Waals surface area contributed by atoms with Gasteiger partial charge in [-0.1, -0.05) is 31.9 Å². The summed E-state index contributed by atoms with van der Waals surface area (Å²) in [4.78, 5) is 10.9. The fraction of sp³-hybridized carbons (Fsp3) is 0.462. The van der Waals surface area contributed by atoms with Gasteiger partial charge in [0.2, 0.25) is 5.91 Å². The van der Waals surface area contributed by atoms with Crippen molar-refractivity contribution in [2.24, 2.45) is 0 Å². The van der Waals surface area contributed by atoms with Crippen molar-refractivity contribution in [1.29, 1.82) is 0 Å². The molecule has 4 nitrogen and oxygen atoms in total. The Hall–Kier alpha value is -0.430. The molecule has 106 valence electrons. The molecule has 0 aliphatic heterocycles. The number of hydrogen-bond donors (Lipinski definition) is 3. The highest BCUT2D eigenvalue weighted by atomic mass is 79.9. The highest BCUT2D eigenvalue weighted by Gasteiger charge is 2.14. The summed E-state index contributed by atoms with van der Waals surface area (Å²) in [6.07, 6.45) is -0.612. The maximum atomic E-state index is 10.9. The van der Waals surface area contributed by atoms with E-state index in [9.17, 15) is 9.90 Å². The Bertz CT molecular complexity index is 420. The number of halogens is 2. The van der Waals surface area contributed by atoms with Crippen LogP contribution in [0.5, 0.6) is 0 Å². The van der Waals surface area contributed by atoms with Gasteiger partial charge in [0.15, 0.2) is 0 Å². The van der Waals surface area contributed by atoms with Crippen molar-refractivity contribution in [3.8, 4) is 0 Å². The average molecular weight is 394 g/mol. The van der Waals surface area contributed by atoms with Crippen molar-refractivity contribution in [2.75, 3.05) is 6.54 Å². The molecular weight excluding hydrogens is 376 g/mol. The zero-order valence-corrected chi connectivity index (χ0v) is 14.1. The van der Waals surface area contributed by atoms with E-state index in [1.807, 2.05) is 18.2 Å². The van der Waals surface area contributed by atoms with Crippen LogP contribution in [0.3, 0.4) is 0 Å². The molecule has 19 heavy (non-hydrogen) atoms. The molecule has 0 unspecified atom stereocenters. The molecule has 0 aromatic heterocycles. The Morgan fingerprint density at radius 3 is 2.42 bits per heavy atom. The standard InChI is InChI=1S/C13H18Br2N2O2/c1-8(17-9(2)18)13(19)7-16-6-10-3-11(14)5-12(15)4-10/h3-5,8,13,16,19H,6-7H2,1-2H3,(H,17,18)/t8-,13+/m0/s1. The van der Waals surface area contributed by atoms with Gasteiger partial charge in [-0.3, -0.25) is 4.79 Å². The number of aliphatic hydroxyl groups is 1. The quantitative estimate of drug-likeness (QED) is 0.694. The molecule has 0 spiro atoms. The van der Waals surface area contributed by atoms with E-state index in [2.05, 4.69) is 42.5 Å². The van der Waals surface area contributed by atoms with E-state index in [0.717, 1.165) is 14.5 Å². The number of benzene rings is 1. The van der Waals surface area contributed by atoms with Crippen molar-refractivity contribution in [2.45, 2.75) is 32.5 Å². The Labute approximate surface area is 130 Å². The molecule has 0 aliphatic rings. The molecule has 0 fully saturated rings. The van der Waals surface area contributed by atoms with Crippen LogP contribution in [-0.4, -0.2) is 29.7 Å². The van der Waals surface area contributed by atoms with Crippen molar-refractivity contribution in [1.82, 2.24) is 10.6 Å². The minimum Gasteiger partial charge on any atom is -0.390 e. The van der Waals surface area contributed by atoms with Crippen LogP contribution >= 0.6 is 31.9 Å². The number of rotatable bonds is 6. The van der Waals surface area contributed by atoms with Crippen LogP contribution in [0.15, 0.2) is 27.1 Å². The smallest absolute Gasteiger partial charge is 0.217 e. The lowest BCUT2D eigenvalue weighted by atomic mass is 10.1. The van der Waals surface area contributed by atoms with Gasteiger partial charge in [-0.15, -0.1) is 0 Å². The summed E-state index contributed by atoms with van der Waals surface area (Å²) in [5.41, 5.74) is 1.11. The van der Waals surface area contributed by atoms with Crippen molar-refractivity contribution in [3.63, 3.8) is 0 Å². The molecule has 0 heterocycles. The molecule has 1 rings (SSSR count). The summed E-state index contributed by atoms with van der Waals surface area (Å²) in [5, 5.41) is 15.7. The van der Waals surface area contributed by atoms with Crippen LogP contribution in [0.4, 0.5) is 0 Å². The number of carbonyl (C=O) groups is 1. The minimum atomic E-state index is -0.612. The zero-order chi connectivity index (χ0) is 14.4. The van der Waals surface area contributed by atoms with Gasteiger partial charge in [-0.25, -0.2) is 0 Å². The number of amides is 1. The molecule has 3 N–H and O–H groups in total. The molecule has 0 bridgehead atoms. The van der Waals surface area contributed by atoms with Crippen molar-refractivity contribution >= 4 is 37.8 Å². The van der Waals surface area contributed by atoms with E-state index < -0.39 is 6.10 Å². The largest absolute Gasteiger partial charge is 0.390 e. The van der Waals surface area contributed by atoms with Gasteiger partial charge in [0.05, 0.1) is 12.1 Å². The first-order chi connectivity index (χ1) is 8.88. The first-order valence-corrected chi connectivity index (χ1v) is 7.58. The third kappa shape index (κ3) is 6.51. The lowest BCUT2D eigenvalue weighted by molar-refractivity contribution is -0.120. The average Bonchev–Trinajstić information content (AvgIpc) is 2.26. The predicted molar refractivity (Wildman–Crippen MR) is 82.8 cm³/mol. The summed E-state index contributed by atoms with van der Waals surface area (Å²) in [7, 11) is 0. The summed E-state index contributed by atoms with van der Waals surface area (Å²) in [5.74, 6) is -0.137. The highest BCUT2D eigenvalue weighted by molar-refractivity contribution is 9.11. The fourth-order valence-electron chi connectivity index (χ4n) is 1.67. The van der Waals surface area contributed by atoms with E-state index in [1.165, 1.54) is 6.92 Å². The number of nitrogens with one attached hydrogen (secondary N) is 2. The van der Waals surface area contributed by atoms with Gasteiger partial charge in [-0.05, 0) is 30.7 Å². The predicted octanol–water partition coefficient (Wildman–Crippen LogP) is 2.19. The molecular formula is C13H18Br2N2O2. The Morgan fingerprint density at radius 2 is 1.89 bits per heavy atom. The van der Waals surface area contributed by atoms with E-state index in [1.54, 1.807) is 6.92 Å². The molecule has 0 radical (unpaired) electrons. The van der Waals surface area contributed by atoms with Gasteiger partial charge < -0.3 is 15.7 Å². The molecule has 0 saturated heterocycles. The van der Waals surface area contributed by atoms with Gasteiger partial charge in [0.1, 0.15) is 0 Å². The second-order valence-electron chi connectivity index (χ2n) is 4.47. The highest BCUT2D eigenvalue weighted by Crippen LogP contribution is 2.19. The van der Waals surface area contributed by atoms with E-state index in [4.69, 9.17) is 0 Å². The van der Waals surface area contributed by atoms with Gasteiger partial charge in [0.25, 0.3) is 0 Å². The maximum absolute atomic E-state index is 10.9. The zero-order valence-electron chi connectivity index (χ0n) is 10.9. The van der Waals surface area contributed by atoms with E-state index in [0.29, 0.717) is 13.1 Å². The SMILES string of the molecule is CC(=O)N[C@@H](C)[C@H](O)CNCc1cc(Br)cc(Br)c1. The second kappa shape index (κ2) is 7.99. The first-order valence-electron chi connectivity index (χ1n) is 5.99. The summed E-state index contributed by atoms with van der Waals surface area (Å²) >= 11 is 6.86. The maximum Gasteiger partial charge on any atom is 0.217 e. The van der Waals surface area contributed by atoms with Gasteiger partial charge >= 0.3 is 0 Å². The molecule has 0 saturated carbocycles. The molecule has 1 aromatic carbocycles. The summed E-state index contributed by atoms with van der Waals surface area (Å²) in [6, 6.07) is 5.74. The van der Waals surface area contributed by atoms with Crippen molar-refractivity contribution in [3.05, 3.63) is 32.7 Å². The molecule has 1 aromatic rings. The Balaban J connectivity index is 2.39.